The molecular weight excluding hydrogens is 150 g/mol. The summed E-state index contributed by atoms with van der Waals surface area (Å²) in [5.74, 6) is 0.887. The van der Waals surface area contributed by atoms with Gasteiger partial charge in [0.1, 0.15) is 0 Å². The van der Waals surface area contributed by atoms with Gasteiger partial charge >= 0.3 is 0 Å². The highest BCUT2D eigenvalue weighted by Gasteiger charge is 1.90. The molecule has 0 spiro atoms. The minimum absolute atomic E-state index is 0. The Labute approximate surface area is 66.5 Å². The van der Waals surface area contributed by atoms with E-state index in [0.717, 1.165) is 5.82 Å². The van der Waals surface area contributed by atoms with Gasteiger partial charge in [0.05, 0.1) is 0 Å². The SMILES string of the molecule is CN(C)c1cccnn1.Cl. The van der Waals surface area contributed by atoms with E-state index in [9.17, 15) is 0 Å². The van der Waals surface area contributed by atoms with Gasteiger partial charge in [-0.05, 0) is 12.1 Å². The summed E-state index contributed by atoms with van der Waals surface area (Å²) in [5.41, 5.74) is 0. The van der Waals surface area contributed by atoms with Crippen LogP contribution in [0.4, 0.5) is 5.82 Å². The Morgan fingerprint density at radius 1 is 1.40 bits per heavy atom. The molecule has 0 N–H and O–H groups in total. The molecule has 0 amide bonds. The standard InChI is InChI=1S/C6H9N3.ClH/c1-9(2)6-4-3-5-7-8-6;/h3-5H,1-2H3;1H. The van der Waals surface area contributed by atoms with E-state index in [-0.39, 0.29) is 12.4 Å². The highest BCUT2D eigenvalue weighted by Crippen LogP contribution is 2.00. The summed E-state index contributed by atoms with van der Waals surface area (Å²) in [5, 5.41) is 7.57. The smallest absolute Gasteiger partial charge is 0.150 e. The summed E-state index contributed by atoms with van der Waals surface area (Å²) in [6.45, 7) is 0. The van der Waals surface area contributed by atoms with Gasteiger partial charge < -0.3 is 4.90 Å². The van der Waals surface area contributed by atoms with Crippen molar-refractivity contribution in [2.24, 2.45) is 0 Å². The van der Waals surface area contributed by atoms with Crippen LogP contribution in [0.5, 0.6) is 0 Å². The van der Waals surface area contributed by atoms with Crippen molar-refractivity contribution in [3.8, 4) is 0 Å². The highest BCUT2D eigenvalue weighted by atomic mass is 35.5. The number of rotatable bonds is 1. The predicted molar refractivity (Wildman–Crippen MR) is 43.6 cm³/mol. The van der Waals surface area contributed by atoms with E-state index in [2.05, 4.69) is 10.2 Å². The molecule has 0 saturated carbocycles. The third-order valence-electron chi connectivity index (χ3n) is 1.02. The molecule has 56 valence electrons. The van der Waals surface area contributed by atoms with Gasteiger partial charge in [-0.15, -0.1) is 17.5 Å². The van der Waals surface area contributed by atoms with Gasteiger partial charge in [-0.1, -0.05) is 0 Å². The average Bonchev–Trinajstić information content (AvgIpc) is 1.90. The normalized spacial score (nSPS) is 8.20. The first-order chi connectivity index (χ1) is 4.30. The number of aromatic nitrogens is 2. The van der Waals surface area contributed by atoms with Crippen LogP contribution in [0.15, 0.2) is 18.3 Å². The molecule has 0 aliphatic carbocycles. The van der Waals surface area contributed by atoms with Crippen LogP contribution in [0.3, 0.4) is 0 Å². The molecular formula is C6H10ClN3. The Morgan fingerprint density at radius 3 is 2.40 bits per heavy atom. The fraction of sp³-hybridized carbons (Fsp3) is 0.333. The van der Waals surface area contributed by atoms with Crippen LogP contribution >= 0.6 is 12.4 Å². The molecule has 0 unspecified atom stereocenters. The molecule has 0 radical (unpaired) electrons. The first-order valence-electron chi connectivity index (χ1n) is 2.76. The van der Waals surface area contributed by atoms with Crippen molar-refractivity contribution in [3.05, 3.63) is 18.3 Å². The molecule has 10 heavy (non-hydrogen) atoms. The molecule has 0 fully saturated rings. The molecule has 1 heterocycles. The first-order valence-corrected chi connectivity index (χ1v) is 2.76. The summed E-state index contributed by atoms with van der Waals surface area (Å²) in [4.78, 5) is 1.91. The van der Waals surface area contributed by atoms with Crippen LogP contribution in [0.25, 0.3) is 0 Å². The molecule has 1 aromatic heterocycles. The fourth-order valence-corrected chi connectivity index (χ4v) is 0.532. The van der Waals surface area contributed by atoms with Crippen molar-refractivity contribution < 1.29 is 0 Å². The van der Waals surface area contributed by atoms with Crippen LogP contribution in [0.1, 0.15) is 0 Å². The van der Waals surface area contributed by atoms with Crippen molar-refractivity contribution in [1.82, 2.24) is 10.2 Å². The van der Waals surface area contributed by atoms with Crippen molar-refractivity contribution in [2.45, 2.75) is 0 Å². The van der Waals surface area contributed by atoms with Gasteiger partial charge in [0.15, 0.2) is 5.82 Å². The molecule has 1 rings (SSSR count). The van der Waals surface area contributed by atoms with Crippen LogP contribution < -0.4 is 4.90 Å². The number of hydrogen-bond acceptors (Lipinski definition) is 3. The monoisotopic (exact) mass is 159 g/mol. The maximum absolute atomic E-state index is 3.85. The maximum atomic E-state index is 3.85. The van der Waals surface area contributed by atoms with Crippen molar-refractivity contribution in [2.75, 3.05) is 19.0 Å². The molecule has 0 aromatic carbocycles. The van der Waals surface area contributed by atoms with E-state index in [1.807, 2.05) is 31.1 Å². The zero-order chi connectivity index (χ0) is 6.69. The second-order valence-corrected chi connectivity index (χ2v) is 1.98. The highest BCUT2D eigenvalue weighted by molar-refractivity contribution is 5.85. The molecule has 0 saturated heterocycles. The Morgan fingerprint density at radius 2 is 2.10 bits per heavy atom. The zero-order valence-corrected chi connectivity index (χ0v) is 6.80. The number of nitrogens with zero attached hydrogens (tertiary/aromatic N) is 3. The van der Waals surface area contributed by atoms with Gasteiger partial charge in [-0.25, -0.2) is 0 Å². The molecule has 1 aromatic rings. The number of anilines is 1. The van der Waals surface area contributed by atoms with E-state index in [4.69, 9.17) is 0 Å². The third-order valence-corrected chi connectivity index (χ3v) is 1.02. The Hall–Kier alpha value is -0.830. The Bertz CT molecular complexity index is 176. The van der Waals surface area contributed by atoms with E-state index >= 15 is 0 Å². The fourth-order valence-electron chi connectivity index (χ4n) is 0.532. The number of halogens is 1. The quantitative estimate of drug-likeness (QED) is 0.612. The molecule has 0 bridgehead atoms. The molecule has 0 atom stereocenters. The zero-order valence-electron chi connectivity index (χ0n) is 5.98. The lowest BCUT2D eigenvalue weighted by atomic mass is 10.5. The number of hydrogen-bond donors (Lipinski definition) is 0. The van der Waals surface area contributed by atoms with E-state index in [1.54, 1.807) is 6.20 Å². The third kappa shape index (κ3) is 2.19. The summed E-state index contributed by atoms with van der Waals surface area (Å²) in [6.07, 6.45) is 1.66. The first kappa shape index (κ1) is 9.17. The predicted octanol–water partition coefficient (Wildman–Crippen LogP) is 0.964. The summed E-state index contributed by atoms with van der Waals surface area (Å²) >= 11 is 0. The Balaban J connectivity index is 0.000000810. The van der Waals surface area contributed by atoms with Crippen molar-refractivity contribution in [1.29, 1.82) is 0 Å². The maximum Gasteiger partial charge on any atom is 0.150 e. The average molecular weight is 160 g/mol. The van der Waals surface area contributed by atoms with Gasteiger partial charge in [0.25, 0.3) is 0 Å². The largest absolute Gasteiger partial charge is 0.361 e. The lowest BCUT2D eigenvalue weighted by Crippen LogP contribution is -2.10. The topological polar surface area (TPSA) is 29.0 Å². The van der Waals surface area contributed by atoms with Gasteiger partial charge in [-0.3, -0.25) is 0 Å². The van der Waals surface area contributed by atoms with Crippen LogP contribution in [-0.4, -0.2) is 24.3 Å². The summed E-state index contributed by atoms with van der Waals surface area (Å²) in [6, 6.07) is 3.77. The second kappa shape index (κ2) is 4.06. The van der Waals surface area contributed by atoms with Crippen LogP contribution in [0, 0.1) is 0 Å². The molecule has 0 aliphatic rings. The molecule has 4 heteroatoms. The van der Waals surface area contributed by atoms with Gasteiger partial charge in [-0.2, -0.15) is 5.10 Å². The van der Waals surface area contributed by atoms with Crippen LogP contribution in [0.2, 0.25) is 0 Å². The second-order valence-electron chi connectivity index (χ2n) is 1.98. The Kier molecular flexibility index (Phi) is 3.72. The van der Waals surface area contributed by atoms with Gasteiger partial charge in [0, 0.05) is 20.3 Å². The lowest BCUT2D eigenvalue weighted by molar-refractivity contribution is 0.964. The minimum atomic E-state index is 0. The van der Waals surface area contributed by atoms with E-state index in [1.165, 1.54) is 0 Å². The summed E-state index contributed by atoms with van der Waals surface area (Å²) < 4.78 is 0. The van der Waals surface area contributed by atoms with Crippen molar-refractivity contribution in [3.63, 3.8) is 0 Å². The lowest BCUT2D eigenvalue weighted by Gasteiger charge is -2.07. The van der Waals surface area contributed by atoms with Crippen molar-refractivity contribution >= 4 is 18.2 Å². The minimum Gasteiger partial charge on any atom is -0.361 e. The molecule has 3 nitrogen and oxygen atoms in total. The van der Waals surface area contributed by atoms with Crippen LogP contribution in [-0.2, 0) is 0 Å². The molecule has 0 aliphatic heterocycles. The van der Waals surface area contributed by atoms with Gasteiger partial charge in [0.2, 0.25) is 0 Å². The van der Waals surface area contributed by atoms with E-state index in [0.29, 0.717) is 0 Å². The summed E-state index contributed by atoms with van der Waals surface area (Å²) in [7, 11) is 3.87. The van der Waals surface area contributed by atoms with E-state index < -0.39 is 0 Å².